The third-order valence-corrected chi connectivity index (χ3v) is 3.46. The molecule has 0 saturated carbocycles. The van der Waals surface area contributed by atoms with Gasteiger partial charge in [0.05, 0.1) is 11.3 Å². The summed E-state index contributed by atoms with van der Waals surface area (Å²) >= 11 is 3.27. The maximum Gasteiger partial charge on any atom is 0.303 e. The number of hydrogen-bond acceptors (Lipinski definition) is 4. The first kappa shape index (κ1) is 15.3. The third kappa shape index (κ3) is 3.94. The van der Waals surface area contributed by atoms with Gasteiger partial charge in [0.2, 0.25) is 0 Å². The van der Waals surface area contributed by atoms with E-state index in [1.165, 1.54) is 6.07 Å². The van der Waals surface area contributed by atoms with E-state index in [0.29, 0.717) is 27.9 Å². The van der Waals surface area contributed by atoms with Gasteiger partial charge in [-0.05, 0) is 34.5 Å². The lowest BCUT2D eigenvalue weighted by molar-refractivity contribution is -0.137. The summed E-state index contributed by atoms with van der Waals surface area (Å²) in [5.74, 6) is -1.06. The van der Waals surface area contributed by atoms with Gasteiger partial charge in [-0.15, -0.1) is 0 Å². The molecule has 0 aromatic heterocycles. The van der Waals surface area contributed by atoms with Crippen LogP contribution in [0.3, 0.4) is 0 Å². The molecule has 0 atom stereocenters. The van der Waals surface area contributed by atoms with Crippen molar-refractivity contribution in [3.8, 4) is 5.75 Å². The molecule has 1 aromatic carbocycles. The molecule has 1 heterocycles. The van der Waals surface area contributed by atoms with E-state index >= 15 is 0 Å². The summed E-state index contributed by atoms with van der Waals surface area (Å²) in [5, 5.41) is 13.8. The first-order chi connectivity index (χ1) is 9.97. The minimum Gasteiger partial charge on any atom is -0.482 e. The number of carbonyl (C=O) groups excluding carboxylic acids is 2. The highest BCUT2D eigenvalue weighted by atomic mass is 79.9. The molecule has 3 N–H and O–H groups in total. The van der Waals surface area contributed by atoms with Crippen molar-refractivity contribution in [2.75, 3.05) is 18.5 Å². The van der Waals surface area contributed by atoms with Gasteiger partial charge in [0.1, 0.15) is 5.75 Å². The molecule has 112 valence electrons. The monoisotopic (exact) mass is 356 g/mol. The van der Waals surface area contributed by atoms with Gasteiger partial charge in [-0.2, -0.15) is 0 Å². The number of halogens is 1. The number of fused-ring (bicyclic) bond motifs is 1. The van der Waals surface area contributed by atoms with Crippen molar-refractivity contribution in [2.24, 2.45) is 0 Å². The number of benzene rings is 1. The topological polar surface area (TPSA) is 105 Å². The summed E-state index contributed by atoms with van der Waals surface area (Å²) < 4.78 is 5.76. The van der Waals surface area contributed by atoms with Crippen molar-refractivity contribution in [3.63, 3.8) is 0 Å². The highest BCUT2D eigenvalue weighted by molar-refractivity contribution is 9.10. The molecule has 21 heavy (non-hydrogen) atoms. The van der Waals surface area contributed by atoms with Crippen LogP contribution in [-0.4, -0.2) is 36.0 Å². The Bertz CT molecular complexity index is 602. The second-order valence-electron chi connectivity index (χ2n) is 4.42. The zero-order valence-corrected chi connectivity index (χ0v) is 12.5. The molecule has 1 aliphatic rings. The Labute approximate surface area is 128 Å². The minimum absolute atomic E-state index is 0.000774. The summed E-state index contributed by atoms with van der Waals surface area (Å²) in [7, 11) is 0. The zero-order chi connectivity index (χ0) is 15.4. The lowest BCUT2D eigenvalue weighted by Crippen LogP contribution is -2.27. The number of hydrogen-bond donors (Lipinski definition) is 3. The molecule has 7 nitrogen and oxygen atoms in total. The molecule has 0 radical (unpaired) electrons. The fraction of sp³-hybridized carbons (Fsp3) is 0.308. The average Bonchev–Trinajstić information content (AvgIpc) is 2.42. The zero-order valence-electron chi connectivity index (χ0n) is 10.9. The van der Waals surface area contributed by atoms with Gasteiger partial charge in [0.15, 0.2) is 6.61 Å². The van der Waals surface area contributed by atoms with Crippen molar-refractivity contribution in [1.29, 1.82) is 0 Å². The van der Waals surface area contributed by atoms with E-state index < -0.39 is 5.97 Å². The van der Waals surface area contributed by atoms with Gasteiger partial charge in [0, 0.05) is 17.4 Å². The van der Waals surface area contributed by atoms with E-state index in [4.69, 9.17) is 9.84 Å². The van der Waals surface area contributed by atoms with Crippen molar-refractivity contribution in [2.45, 2.75) is 12.8 Å². The summed E-state index contributed by atoms with van der Waals surface area (Å²) in [4.78, 5) is 33.6. The lowest BCUT2D eigenvalue weighted by atomic mass is 10.1. The highest BCUT2D eigenvalue weighted by Gasteiger charge is 2.20. The fourth-order valence-electron chi connectivity index (χ4n) is 1.81. The Hall–Kier alpha value is -2.09. The lowest BCUT2D eigenvalue weighted by Gasteiger charge is -2.19. The Morgan fingerprint density at radius 3 is 2.90 bits per heavy atom. The first-order valence-corrected chi connectivity index (χ1v) is 7.03. The van der Waals surface area contributed by atoms with E-state index in [-0.39, 0.29) is 31.4 Å². The van der Waals surface area contributed by atoms with Gasteiger partial charge >= 0.3 is 5.97 Å². The molecule has 0 aliphatic carbocycles. The number of nitrogens with one attached hydrogen (secondary N) is 2. The number of carbonyl (C=O) groups is 3. The standard InChI is InChI=1S/C13H13BrN2O5/c14-8-5-9-10(21-6-11(17)16-9)4-7(8)13(20)15-3-1-2-12(18)19/h4-5H,1-3,6H2,(H,15,20)(H,16,17)(H,18,19). The summed E-state index contributed by atoms with van der Waals surface area (Å²) in [6, 6.07) is 3.13. The van der Waals surface area contributed by atoms with Crippen molar-refractivity contribution in [3.05, 3.63) is 22.2 Å². The first-order valence-electron chi connectivity index (χ1n) is 6.23. The summed E-state index contributed by atoms with van der Waals surface area (Å²) in [6.45, 7) is 0.181. The van der Waals surface area contributed by atoms with Crippen LogP contribution >= 0.6 is 15.9 Å². The third-order valence-electron chi connectivity index (χ3n) is 2.80. The number of carboxylic acids is 1. The smallest absolute Gasteiger partial charge is 0.303 e. The van der Waals surface area contributed by atoms with Gasteiger partial charge in [0.25, 0.3) is 11.8 Å². The van der Waals surface area contributed by atoms with Crippen LogP contribution in [0.25, 0.3) is 0 Å². The van der Waals surface area contributed by atoms with Gasteiger partial charge < -0.3 is 20.5 Å². The highest BCUT2D eigenvalue weighted by Crippen LogP contribution is 2.33. The normalized spacial score (nSPS) is 12.9. The number of amides is 2. The van der Waals surface area contributed by atoms with E-state index in [2.05, 4.69) is 26.6 Å². The Morgan fingerprint density at radius 2 is 2.19 bits per heavy atom. The van der Waals surface area contributed by atoms with E-state index in [1.54, 1.807) is 6.07 Å². The van der Waals surface area contributed by atoms with E-state index in [0.717, 1.165) is 0 Å². The molecule has 1 aromatic rings. The number of carboxylic acid groups (broad SMARTS) is 1. The second kappa shape index (κ2) is 6.57. The van der Waals surface area contributed by atoms with Crippen molar-refractivity contribution < 1.29 is 24.2 Å². The average molecular weight is 357 g/mol. The van der Waals surface area contributed by atoms with E-state index in [1.807, 2.05) is 0 Å². The predicted octanol–water partition coefficient (Wildman–Crippen LogP) is 1.37. The molecular weight excluding hydrogens is 344 g/mol. The van der Waals surface area contributed by atoms with Crippen molar-refractivity contribution >= 4 is 39.4 Å². The number of aliphatic carboxylic acids is 1. The molecule has 0 fully saturated rings. The van der Waals surface area contributed by atoms with Crippen LogP contribution in [0.5, 0.6) is 5.75 Å². The maximum absolute atomic E-state index is 12.0. The Balaban J connectivity index is 2.04. The molecular formula is C13H13BrN2O5. The molecule has 1 aliphatic heterocycles. The van der Waals surface area contributed by atoms with Crippen LogP contribution in [0.15, 0.2) is 16.6 Å². The largest absolute Gasteiger partial charge is 0.482 e. The maximum atomic E-state index is 12.0. The number of rotatable bonds is 5. The van der Waals surface area contributed by atoms with Gasteiger partial charge in [-0.1, -0.05) is 0 Å². The van der Waals surface area contributed by atoms with Crippen LogP contribution in [0.1, 0.15) is 23.2 Å². The molecule has 8 heteroatoms. The summed E-state index contributed by atoms with van der Waals surface area (Å²) in [6.07, 6.45) is 0.358. The summed E-state index contributed by atoms with van der Waals surface area (Å²) in [5.41, 5.74) is 0.862. The Kier molecular flexibility index (Phi) is 4.79. The molecule has 0 unspecified atom stereocenters. The van der Waals surface area contributed by atoms with Crippen molar-refractivity contribution in [1.82, 2.24) is 5.32 Å². The SMILES string of the molecule is O=C(O)CCCNC(=O)c1cc2c(cc1Br)NC(=O)CO2. The molecule has 0 spiro atoms. The fourth-order valence-corrected chi connectivity index (χ4v) is 2.33. The van der Waals surface area contributed by atoms with Crippen LogP contribution in [0, 0.1) is 0 Å². The quantitative estimate of drug-likeness (QED) is 0.691. The van der Waals surface area contributed by atoms with Gasteiger partial charge in [-0.3, -0.25) is 14.4 Å². The number of anilines is 1. The minimum atomic E-state index is -0.900. The van der Waals surface area contributed by atoms with Crippen LogP contribution in [0.2, 0.25) is 0 Å². The van der Waals surface area contributed by atoms with Crippen LogP contribution in [0.4, 0.5) is 5.69 Å². The molecule has 0 saturated heterocycles. The second-order valence-corrected chi connectivity index (χ2v) is 5.27. The van der Waals surface area contributed by atoms with Gasteiger partial charge in [-0.25, -0.2) is 0 Å². The number of ether oxygens (including phenoxy) is 1. The van der Waals surface area contributed by atoms with Crippen LogP contribution < -0.4 is 15.4 Å². The van der Waals surface area contributed by atoms with Crippen LogP contribution in [-0.2, 0) is 9.59 Å². The Morgan fingerprint density at radius 1 is 1.43 bits per heavy atom. The molecule has 2 rings (SSSR count). The molecule has 2 amide bonds. The molecule has 0 bridgehead atoms. The predicted molar refractivity (Wildman–Crippen MR) is 77.5 cm³/mol. The van der Waals surface area contributed by atoms with E-state index in [9.17, 15) is 14.4 Å².